The van der Waals surface area contributed by atoms with E-state index in [2.05, 4.69) is 23.2 Å². The molecule has 0 amide bonds. The first-order chi connectivity index (χ1) is 8.33. The van der Waals surface area contributed by atoms with Crippen molar-refractivity contribution in [2.24, 2.45) is 0 Å². The zero-order valence-electron chi connectivity index (χ0n) is 9.82. The van der Waals surface area contributed by atoms with E-state index < -0.39 is 0 Å². The summed E-state index contributed by atoms with van der Waals surface area (Å²) in [6.07, 6.45) is 6.82. The lowest BCUT2D eigenvalue weighted by molar-refractivity contribution is 0.686. The topological polar surface area (TPSA) is 38.9 Å². The molecule has 0 spiro atoms. The van der Waals surface area contributed by atoms with E-state index in [1.54, 1.807) is 6.20 Å². The van der Waals surface area contributed by atoms with Gasteiger partial charge in [0.05, 0.1) is 5.69 Å². The van der Waals surface area contributed by atoms with Crippen LogP contribution in [-0.2, 0) is 12.8 Å². The summed E-state index contributed by atoms with van der Waals surface area (Å²) in [7, 11) is 0. The van der Waals surface area contributed by atoms with Crippen LogP contribution < -0.4 is 5.73 Å². The standard InChI is InChI=1S/C15H16N2/c16-14-7-8-17-15(10-14)13-6-5-11-3-1-2-4-12(11)9-13/h5-10H,1-4H2,(H2,16,17). The molecule has 2 aromatic rings. The number of nitrogen functional groups attached to an aromatic ring is 1. The maximum Gasteiger partial charge on any atom is 0.0722 e. The summed E-state index contributed by atoms with van der Waals surface area (Å²) in [6, 6.07) is 10.4. The number of hydrogen-bond donors (Lipinski definition) is 1. The average Bonchev–Trinajstić information content (AvgIpc) is 2.38. The Morgan fingerprint density at radius 2 is 1.76 bits per heavy atom. The molecule has 0 atom stereocenters. The molecule has 2 nitrogen and oxygen atoms in total. The Kier molecular flexibility index (Phi) is 2.56. The SMILES string of the molecule is Nc1ccnc(-c2ccc3c(c2)CCCC3)c1. The van der Waals surface area contributed by atoms with Gasteiger partial charge in [-0.25, -0.2) is 0 Å². The van der Waals surface area contributed by atoms with Crippen molar-refractivity contribution >= 4 is 5.69 Å². The zero-order valence-corrected chi connectivity index (χ0v) is 9.82. The smallest absolute Gasteiger partial charge is 0.0722 e. The minimum atomic E-state index is 0.771. The number of nitrogens with zero attached hydrogens (tertiary/aromatic N) is 1. The number of aromatic nitrogens is 1. The van der Waals surface area contributed by atoms with Crippen molar-refractivity contribution in [3.63, 3.8) is 0 Å². The van der Waals surface area contributed by atoms with Crippen LogP contribution in [0.2, 0.25) is 0 Å². The molecule has 1 aromatic heterocycles. The molecule has 0 radical (unpaired) electrons. The highest BCUT2D eigenvalue weighted by atomic mass is 14.7. The van der Waals surface area contributed by atoms with Crippen LogP contribution in [0.25, 0.3) is 11.3 Å². The highest BCUT2D eigenvalue weighted by Crippen LogP contribution is 2.27. The van der Waals surface area contributed by atoms with Gasteiger partial charge in [0.15, 0.2) is 0 Å². The van der Waals surface area contributed by atoms with Crippen LogP contribution >= 0.6 is 0 Å². The molecule has 1 heterocycles. The van der Waals surface area contributed by atoms with Crippen molar-refractivity contribution in [2.45, 2.75) is 25.7 Å². The largest absolute Gasteiger partial charge is 0.399 e. The molecule has 0 aliphatic heterocycles. The van der Waals surface area contributed by atoms with Crippen molar-refractivity contribution in [3.05, 3.63) is 47.7 Å². The minimum Gasteiger partial charge on any atom is -0.399 e. The molecule has 1 aromatic carbocycles. The van der Waals surface area contributed by atoms with Crippen molar-refractivity contribution in [2.75, 3.05) is 5.73 Å². The summed E-state index contributed by atoms with van der Waals surface area (Å²) in [5.41, 5.74) is 11.7. The van der Waals surface area contributed by atoms with Gasteiger partial charge in [0.25, 0.3) is 0 Å². The van der Waals surface area contributed by atoms with Crippen molar-refractivity contribution in [1.82, 2.24) is 4.98 Å². The summed E-state index contributed by atoms with van der Waals surface area (Å²) >= 11 is 0. The molecule has 2 heteroatoms. The molecule has 0 bridgehead atoms. The van der Waals surface area contributed by atoms with E-state index in [9.17, 15) is 0 Å². The van der Waals surface area contributed by atoms with Crippen LogP contribution in [0.1, 0.15) is 24.0 Å². The number of nitrogens with two attached hydrogens (primary N) is 1. The van der Waals surface area contributed by atoms with E-state index >= 15 is 0 Å². The summed E-state index contributed by atoms with van der Waals surface area (Å²) in [5, 5.41) is 0. The molecular formula is C15H16N2. The van der Waals surface area contributed by atoms with E-state index in [-0.39, 0.29) is 0 Å². The first kappa shape index (κ1) is 10.3. The Morgan fingerprint density at radius 3 is 2.59 bits per heavy atom. The maximum atomic E-state index is 5.79. The second kappa shape index (κ2) is 4.21. The van der Waals surface area contributed by atoms with E-state index in [1.807, 2.05) is 12.1 Å². The first-order valence-electron chi connectivity index (χ1n) is 6.16. The molecule has 17 heavy (non-hydrogen) atoms. The Bertz CT molecular complexity index is 546. The fourth-order valence-corrected chi connectivity index (χ4v) is 2.50. The van der Waals surface area contributed by atoms with Crippen LogP contribution in [0.4, 0.5) is 5.69 Å². The lowest BCUT2D eigenvalue weighted by Crippen LogP contribution is -2.02. The predicted octanol–water partition coefficient (Wildman–Crippen LogP) is 3.21. The Balaban J connectivity index is 2.04. The second-order valence-electron chi connectivity index (χ2n) is 4.67. The number of hydrogen-bond acceptors (Lipinski definition) is 2. The molecular weight excluding hydrogens is 208 g/mol. The number of rotatable bonds is 1. The molecule has 3 rings (SSSR count). The molecule has 0 saturated heterocycles. The Hall–Kier alpha value is -1.83. The van der Waals surface area contributed by atoms with Crippen molar-refractivity contribution in [3.8, 4) is 11.3 Å². The van der Waals surface area contributed by atoms with Gasteiger partial charge in [-0.15, -0.1) is 0 Å². The zero-order chi connectivity index (χ0) is 11.7. The van der Waals surface area contributed by atoms with Crippen LogP contribution in [0.15, 0.2) is 36.5 Å². The molecule has 2 N–H and O–H groups in total. The van der Waals surface area contributed by atoms with Gasteiger partial charge in [-0.3, -0.25) is 4.98 Å². The van der Waals surface area contributed by atoms with Gasteiger partial charge in [0.1, 0.15) is 0 Å². The average molecular weight is 224 g/mol. The van der Waals surface area contributed by atoms with E-state index in [0.29, 0.717) is 0 Å². The highest BCUT2D eigenvalue weighted by Gasteiger charge is 2.10. The van der Waals surface area contributed by atoms with Gasteiger partial charge in [-0.2, -0.15) is 0 Å². The number of pyridine rings is 1. The molecule has 0 saturated carbocycles. The lowest BCUT2D eigenvalue weighted by atomic mass is 9.90. The van der Waals surface area contributed by atoms with Crippen LogP contribution in [0.5, 0.6) is 0 Å². The molecule has 86 valence electrons. The summed E-state index contributed by atoms with van der Waals surface area (Å²) in [6.45, 7) is 0. The summed E-state index contributed by atoms with van der Waals surface area (Å²) < 4.78 is 0. The van der Waals surface area contributed by atoms with Gasteiger partial charge in [-0.05, 0) is 55.0 Å². The minimum absolute atomic E-state index is 0.771. The molecule has 1 aliphatic rings. The van der Waals surface area contributed by atoms with Crippen LogP contribution in [0.3, 0.4) is 0 Å². The third-order valence-corrected chi connectivity index (χ3v) is 3.43. The summed E-state index contributed by atoms with van der Waals surface area (Å²) in [5.74, 6) is 0. The predicted molar refractivity (Wildman–Crippen MR) is 70.7 cm³/mol. The van der Waals surface area contributed by atoms with Crippen LogP contribution in [-0.4, -0.2) is 4.98 Å². The molecule has 0 unspecified atom stereocenters. The first-order valence-corrected chi connectivity index (χ1v) is 6.16. The fraction of sp³-hybridized carbons (Fsp3) is 0.267. The number of aryl methyl sites for hydroxylation is 2. The van der Waals surface area contributed by atoms with Gasteiger partial charge in [0.2, 0.25) is 0 Å². The number of benzene rings is 1. The van der Waals surface area contributed by atoms with E-state index in [0.717, 1.165) is 11.4 Å². The van der Waals surface area contributed by atoms with E-state index in [4.69, 9.17) is 5.73 Å². The molecule has 1 aliphatic carbocycles. The second-order valence-corrected chi connectivity index (χ2v) is 4.67. The normalized spacial score (nSPS) is 14.4. The Morgan fingerprint density at radius 1 is 0.941 bits per heavy atom. The summed E-state index contributed by atoms with van der Waals surface area (Å²) in [4.78, 5) is 4.38. The van der Waals surface area contributed by atoms with Gasteiger partial charge in [-0.1, -0.05) is 12.1 Å². The van der Waals surface area contributed by atoms with E-state index in [1.165, 1.54) is 42.4 Å². The fourth-order valence-electron chi connectivity index (χ4n) is 2.50. The van der Waals surface area contributed by atoms with Crippen molar-refractivity contribution in [1.29, 1.82) is 0 Å². The van der Waals surface area contributed by atoms with Gasteiger partial charge in [0, 0.05) is 17.4 Å². The van der Waals surface area contributed by atoms with Crippen molar-refractivity contribution < 1.29 is 0 Å². The molecule has 0 fully saturated rings. The lowest BCUT2D eigenvalue weighted by Gasteiger charge is -2.16. The van der Waals surface area contributed by atoms with Gasteiger partial charge >= 0.3 is 0 Å². The quantitative estimate of drug-likeness (QED) is 0.807. The maximum absolute atomic E-state index is 5.79. The third kappa shape index (κ3) is 2.03. The monoisotopic (exact) mass is 224 g/mol. The number of fused-ring (bicyclic) bond motifs is 1. The Labute approximate surface area is 102 Å². The van der Waals surface area contributed by atoms with Gasteiger partial charge < -0.3 is 5.73 Å². The highest BCUT2D eigenvalue weighted by molar-refractivity contribution is 5.64. The number of anilines is 1. The third-order valence-electron chi connectivity index (χ3n) is 3.43. The van der Waals surface area contributed by atoms with Crippen LogP contribution in [0, 0.1) is 0 Å².